The Kier molecular flexibility index (Phi) is 13.5. The molecule has 0 atom stereocenters. The molecule has 0 bridgehead atoms. The topological polar surface area (TPSA) is 55.7 Å². The van der Waals surface area contributed by atoms with Gasteiger partial charge in [0.1, 0.15) is 0 Å². The number of benzene rings is 12. The number of fused-ring (bicyclic) bond motifs is 2. The van der Waals surface area contributed by atoms with E-state index >= 15 is 4.57 Å². The van der Waals surface area contributed by atoms with E-state index in [1.54, 1.807) is 0 Å². The lowest BCUT2D eigenvalue weighted by Gasteiger charge is -2.39. The number of rotatable bonds is 12. The Morgan fingerprint density at radius 1 is 0.268 bits per heavy atom. The van der Waals surface area contributed by atoms with Crippen molar-refractivity contribution in [3.63, 3.8) is 0 Å². The summed E-state index contributed by atoms with van der Waals surface area (Å²) < 4.78 is 16.3. The van der Waals surface area contributed by atoms with E-state index in [9.17, 15) is 0 Å². The zero-order chi connectivity index (χ0) is 54.9. The van der Waals surface area contributed by atoms with Crippen LogP contribution in [0.25, 0.3) is 100 Å². The van der Waals surface area contributed by atoms with Crippen molar-refractivity contribution in [2.75, 3.05) is 0 Å². The van der Waals surface area contributed by atoms with Gasteiger partial charge in [-0.1, -0.05) is 310 Å². The minimum absolute atomic E-state index is 0.166. The van der Waals surface area contributed by atoms with Gasteiger partial charge >= 0.3 is 0 Å². The molecule has 0 N–H and O–H groups in total. The maximum Gasteiger partial charge on any atom is 0.172 e. The molecule has 0 radical (unpaired) electrons. The third-order valence-electron chi connectivity index (χ3n) is 16.9. The smallest absolute Gasteiger partial charge is 0.172 e. The van der Waals surface area contributed by atoms with Crippen molar-refractivity contribution in [1.29, 1.82) is 0 Å². The first-order valence-corrected chi connectivity index (χ1v) is 30.3. The molecule has 392 valence electrons. The van der Waals surface area contributed by atoms with Crippen LogP contribution >= 0.6 is 7.14 Å². The Morgan fingerprint density at radius 3 is 0.915 bits per heavy atom. The van der Waals surface area contributed by atoms with Gasteiger partial charge in [0.15, 0.2) is 24.6 Å². The molecule has 0 aliphatic heterocycles. The fourth-order valence-corrected chi connectivity index (χ4v) is 15.8. The van der Waals surface area contributed by atoms with E-state index in [4.69, 9.17) is 15.0 Å². The van der Waals surface area contributed by atoms with Crippen molar-refractivity contribution in [2.24, 2.45) is 0 Å². The largest absolute Gasteiger partial charge is 0.309 e. The second kappa shape index (κ2) is 21.8. The minimum Gasteiger partial charge on any atom is -0.309 e. The summed E-state index contributed by atoms with van der Waals surface area (Å²) in [6.45, 7) is 0. The fourth-order valence-electron chi connectivity index (χ4n) is 12.7. The van der Waals surface area contributed by atoms with Gasteiger partial charge < -0.3 is 4.57 Å². The number of hydrogen-bond acceptors (Lipinski definition) is 4. The Hall–Kier alpha value is -9.60. The first-order valence-electron chi connectivity index (χ1n) is 28.6. The molecule has 14 rings (SSSR count). The van der Waals surface area contributed by atoms with Crippen LogP contribution in [-0.4, -0.2) is 15.0 Å². The van der Waals surface area contributed by atoms with Crippen molar-refractivity contribution in [2.45, 2.75) is 37.5 Å². The molecule has 13 aromatic rings. The molecule has 1 aliphatic rings. The standard InChI is InChI=1S/C77H58N3OP/c81-82(66-24-10-3-11-25-66,67-26-12-4-13-27-67)73-70-30-16-14-28-68(70)72(69-29-15-17-31-71(69)73)60-44-48-64(49-45-60)77(52-18-5-19-53-77)65-50-46-63(47-51-65)76-79-74(61-40-36-57(37-41-61)55-22-8-2-9-23-55)78-75(80-76)62-42-38-59(39-43-62)58-34-32-56(33-35-58)54-20-6-1-7-21-54/h1-4,6-17,20-51H,5,18-19,52-53H2. The van der Waals surface area contributed by atoms with E-state index in [2.05, 4.69) is 218 Å². The van der Waals surface area contributed by atoms with Crippen LogP contribution in [0.3, 0.4) is 0 Å². The zero-order valence-electron chi connectivity index (χ0n) is 45.4. The maximum atomic E-state index is 16.3. The summed E-state index contributed by atoms with van der Waals surface area (Å²) in [6, 6.07) is 103. The van der Waals surface area contributed by atoms with Gasteiger partial charge in [0, 0.05) is 38.0 Å². The molecule has 1 fully saturated rings. The van der Waals surface area contributed by atoms with Crippen molar-refractivity contribution < 1.29 is 4.57 Å². The molecular formula is C77H58N3OP. The predicted octanol–water partition coefficient (Wildman–Crippen LogP) is 18.7. The van der Waals surface area contributed by atoms with Gasteiger partial charge in [0.05, 0.1) is 0 Å². The van der Waals surface area contributed by atoms with Gasteiger partial charge in [0.25, 0.3) is 0 Å². The number of hydrogen-bond donors (Lipinski definition) is 0. The molecule has 1 aromatic heterocycles. The lowest BCUT2D eigenvalue weighted by atomic mass is 9.65. The molecule has 0 spiro atoms. The van der Waals surface area contributed by atoms with E-state index < -0.39 is 7.14 Å². The van der Waals surface area contributed by atoms with Crippen molar-refractivity contribution >= 4 is 44.6 Å². The van der Waals surface area contributed by atoms with E-state index in [0.29, 0.717) is 17.5 Å². The third-order valence-corrected chi connectivity index (χ3v) is 20.1. The second-order valence-electron chi connectivity index (χ2n) is 21.7. The van der Waals surface area contributed by atoms with Gasteiger partial charge in [-0.15, -0.1) is 0 Å². The lowest BCUT2D eigenvalue weighted by molar-refractivity contribution is 0.346. The van der Waals surface area contributed by atoms with Gasteiger partial charge in [-0.05, 0) is 90.0 Å². The molecule has 1 heterocycles. The predicted molar refractivity (Wildman–Crippen MR) is 343 cm³/mol. The van der Waals surface area contributed by atoms with Crippen LogP contribution in [0, 0.1) is 0 Å². The van der Waals surface area contributed by atoms with Crippen LogP contribution < -0.4 is 15.9 Å². The first kappa shape index (κ1) is 50.6. The van der Waals surface area contributed by atoms with E-state index in [1.807, 2.05) is 72.8 Å². The molecule has 4 nitrogen and oxygen atoms in total. The highest BCUT2D eigenvalue weighted by molar-refractivity contribution is 7.86. The van der Waals surface area contributed by atoms with E-state index in [1.165, 1.54) is 28.7 Å². The van der Waals surface area contributed by atoms with Crippen LogP contribution in [0.2, 0.25) is 0 Å². The Labute approximate surface area is 479 Å². The lowest BCUT2D eigenvalue weighted by Crippen LogP contribution is -2.30. The van der Waals surface area contributed by atoms with Gasteiger partial charge in [-0.3, -0.25) is 0 Å². The fraction of sp³-hybridized carbons (Fsp3) is 0.0779. The molecule has 0 unspecified atom stereocenters. The summed E-state index contributed by atoms with van der Waals surface area (Å²) in [6.07, 6.45) is 5.66. The highest BCUT2D eigenvalue weighted by Crippen LogP contribution is 2.50. The monoisotopic (exact) mass is 1070 g/mol. The average molecular weight is 1070 g/mol. The summed E-state index contributed by atoms with van der Waals surface area (Å²) in [5, 5.41) is 6.75. The van der Waals surface area contributed by atoms with Crippen molar-refractivity contribution in [1.82, 2.24) is 15.0 Å². The maximum absolute atomic E-state index is 16.3. The minimum atomic E-state index is -3.35. The molecule has 0 amide bonds. The van der Waals surface area contributed by atoms with E-state index in [-0.39, 0.29) is 5.41 Å². The molecule has 1 saturated carbocycles. The number of aromatic nitrogens is 3. The van der Waals surface area contributed by atoms with E-state index in [0.717, 1.165) is 113 Å². The Balaban J connectivity index is 0.820. The molecule has 82 heavy (non-hydrogen) atoms. The van der Waals surface area contributed by atoms with Crippen LogP contribution in [0.15, 0.2) is 291 Å². The molecule has 0 saturated heterocycles. The summed E-state index contributed by atoms with van der Waals surface area (Å²) in [5.74, 6) is 1.89. The molecule has 12 aromatic carbocycles. The number of nitrogens with zero attached hydrogens (tertiary/aromatic N) is 3. The quantitative estimate of drug-likeness (QED) is 0.0904. The van der Waals surface area contributed by atoms with Gasteiger partial charge in [-0.2, -0.15) is 0 Å². The highest BCUT2D eigenvalue weighted by atomic mass is 31.2. The molecule has 5 heteroatoms. The summed E-state index contributed by atoms with van der Waals surface area (Å²) in [5.41, 5.74) is 14.5. The highest BCUT2D eigenvalue weighted by Gasteiger charge is 2.37. The SMILES string of the molecule is O=P(c1ccccc1)(c1ccccc1)c1c2ccccc2c(-c2ccc(C3(c4ccc(-c5nc(-c6ccc(-c7ccccc7)cc6)nc(-c6ccc(-c7ccc(-c8ccccc8)cc7)cc6)n5)cc4)CCCCC3)cc2)c2ccccc12. The van der Waals surface area contributed by atoms with Crippen LogP contribution in [0.1, 0.15) is 43.2 Å². The van der Waals surface area contributed by atoms with Gasteiger partial charge in [0.2, 0.25) is 0 Å². The first-order chi connectivity index (χ1) is 40.5. The van der Waals surface area contributed by atoms with Crippen LogP contribution in [0.4, 0.5) is 0 Å². The Morgan fingerprint density at radius 2 is 0.549 bits per heavy atom. The van der Waals surface area contributed by atoms with Crippen LogP contribution in [-0.2, 0) is 9.98 Å². The zero-order valence-corrected chi connectivity index (χ0v) is 46.3. The van der Waals surface area contributed by atoms with Gasteiger partial charge in [-0.25, -0.2) is 15.0 Å². The van der Waals surface area contributed by atoms with Crippen molar-refractivity contribution in [3.8, 4) is 78.7 Å². The summed E-state index contributed by atoms with van der Waals surface area (Å²) >= 11 is 0. The summed E-state index contributed by atoms with van der Waals surface area (Å²) in [7, 11) is -3.35. The van der Waals surface area contributed by atoms with Crippen molar-refractivity contribution in [3.05, 3.63) is 302 Å². The normalized spacial score (nSPS) is 13.3. The second-order valence-corrected chi connectivity index (χ2v) is 24.4. The molecular weight excluding hydrogens is 1010 g/mol. The Bertz CT molecular complexity index is 4330. The third kappa shape index (κ3) is 9.35. The molecule has 1 aliphatic carbocycles. The summed E-state index contributed by atoms with van der Waals surface area (Å²) in [4.78, 5) is 15.6. The van der Waals surface area contributed by atoms with Crippen LogP contribution in [0.5, 0.6) is 0 Å². The average Bonchev–Trinajstić information content (AvgIpc) is 3.75.